The van der Waals surface area contributed by atoms with Crippen LogP contribution in [0.1, 0.15) is 121 Å². The van der Waals surface area contributed by atoms with E-state index in [1.807, 2.05) is 36.4 Å². The zero-order chi connectivity index (χ0) is 40.8. The van der Waals surface area contributed by atoms with Gasteiger partial charge in [-0.15, -0.1) is 10.1 Å². The lowest BCUT2D eigenvalue weighted by molar-refractivity contribution is -0.760. The van der Waals surface area contributed by atoms with E-state index in [2.05, 4.69) is 30.4 Å². The molecular formula is C43H67N5O8. The average Bonchev–Trinajstić information content (AvgIpc) is 3.19. The molecule has 312 valence electrons. The number of rotatable bonds is 28. The van der Waals surface area contributed by atoms with Crippen LogP contribution in [-0.2, 0) is 21.5 Å². The molecule has 2 aromatic rings. The first-order chi connectivity index (χ1) is 27.0. The van der Waals surface area contributed by atoms with Crippen LogP contribution in [0.4, 0.5) is 0 Å². The first-order valence-electron chi connectivity index (χ1n) is 20.5. The van der Waals surface area contributed by atoms with E-state index in [1.165, 1.54) is 58.3 Å². The summed E-state index contributed by atoms with van der Waals surface area (Å²) in [6.45, 7) is 5.99. The second-order valence-electron chi connectivity index (χ2n) is 15.2. The van der Waals surface area contributed by atoms with E-state index < -0.39 is 16.1 Å². The average molecular weight is 782 g/mol. The maximum Gasteiger partial charge on any atom is 0.294 e. The third-order valence-corrected chi connectivity index (χ3v) is 11.0. The van der Waals surface area contributed by atoms with Gasteiger partial charge >= 0.3 is 0 Å². The molecule has 0 aromatic heterocycles. The minimum absolute atomic E-state index is 0.164. The zero-order valence-electron chi connectivity index (χ0n) is 34.9. The van der Waals surface area contributed by atoms with Crippen molar-refractivity contribution in [2.24, 2.45) is 0 Å². The van der Waals surface area contributed by atoms with E-state index in [-0.39, 0.29) is 12.5 Å². The minimum atomic E-state index is -0.911. The Morgan fingerprint density at radius 1 is 0.911 bits per heavy atom. The number of hydrogen-bond acceptors (Lipinski definition) is 11. The minimum Gasteiger partial charge on any atom is -0.493 e. The van der Waals surface area contributed by atoms with E-state index in [0.29, 0.717) is 61.8 Å². The Bertz CT molecular complexity index is 1500. The van der Waals surface area contributed by atoms with Crippen molar-refractivity contribution in [3.8, 4) is 29.1 Å². The first-order valence-corrected chi connectivity index (χ1v) is 20.5. The van der Waals surface area contributed by atoms with Crippen molar-refractivity contribution < 1.29 is 33.7 Å². The molecule has 0 radical (unpaired) electrons. The second kappa shape index (κ2) is 24.4. The van der Waals surface area contributed by atoms with Gasteiger partial charge in [0.2, 0.25) is 11.7 Å². The van der Waals surface area contributed by atoms with E-state index in [0.717, 1.165) is 49.9 Å². The molecule has 1 fully saturated rings. The molecule has 13 heteroatoms. The maximum atomic E-state index is 11.6. The van der Waals surface area contributed by atoms with Crippen LogP contribution in [0, 0.1) is 21.4 Å². The Kier molecular flexibility index (Phi) is 20.1. The van der Waals surface area contributed by atoms with Crippen molar-refractivity contribution in [1.82, 2.24) is 15.3 Å². The van der Waals surface area contributed by atoms with Gasteiger partial charge in [0.1, 0.15) is 18.0 Å². The summed E-state index contributed by atoms with van der Waals surface area (Å²) in [6, 6.07) is 14.4. The van der Waals surface area contributed by atoms with Crippen LogP contribution in [0.2, 0.25) is 0 Å². The zero-order valence-corrected chi connectivity index (χ0v) is 34.9. The van der Waals surface area contributed by atoms with Crippen LogP contribution in [0.25, 0.3) is 0 Å². The fourth-order valence-corrected chi connectivity index (χ4v) is 7.67. The largest absolute Gasteiger partial charge is 0.493 e. The lowest BCUT2D eigenvalue weighted by Crippen LogP contribution is -2.55. The summed E-state index contributed by atoms with van der Waals surface area (Å²) >= 11 is 0. The predicted molar refractivity (Wildman–Crippen MR) is 218 cm³/mol. The smallest absolute Gasteiger partial charge is 0.294 e. The summed E-state index contributed by atoms with van der Waals surface area (Å²) in [6.07, 6.45) is 16.1. The molecule has 1 amide bonds. The molecule has 56 heavy (non-hydrogen) atoms. The SMILES string of the molecule is CCCCCCCCCCCCC(C#N)(CCCN(C)CCc1ccccc1OC1(CO[N+](=O)[O-])CCN(NC(C)=O)CC1)c1cc(OC)c(OC)c(OC)c1. The fourth-order valence-electron chi connectivity index (χ4n) is 7.67. The third-order valence-electron chi connectivity index (χ3n) is 11.0. The van der Waals surface area contributed by atoms with Crippen LogP contribution in [0.5, 0.6) is 23.0 Å². The van der Waals surface area contributed by atoms with Gasteiger partial charge in [0, 0.05) is 39.4 Å². The highest BCUT2D eigenvalue weighted by Gasteiger charge is 2.39. The number of benzene rings is 2. The fraction of sp³-hybridized carbons (Fsp3) is 0.674. The highest BCUT2D eigenvalue weighted by Crippen LogP contribution is 2.44. The monoisotopic (exact) mass is 781 g/mol. The number of methoxy groups -OCH3 is 3. The molecule has 13 nitrogen and oxygen atoms in total. The van der Waals surface area contributed by atoms with Crippen LogP contribution in [0.3, 0.4) is 0 Å². The van der Waals surface area contributed by atoms with Gasteiger partial charge in [0.25, 0.3) is 5.09 Å². The standard InChI is InChI=1S/C43H67N5O8/c1-7-8-9-10-11-12-13-14-15-18-23-42(33-44,37-31-39(52-4)41(54-6)40(32-37)53-5)24-19-27-46(3)28-22-36-20-16-17-21-38(36)56-43(34-55-48(50)51)25-29-47(30-26-43)45-35(2)49/h16-17,20-21,31-32H,7-15,18-19,22-30,34H2,1-6H3,(H,45,49). The number of nitrogens with zero attached hydrogens (tertiary/aromatic N) is 4. The molecule has 1 aliphatic heterocycles. The second-order valence-corrected chi connectivity index (χ2v) is 15.2. The van der Waals surface area contributed by atoms with Gasteiger partial charge in [-0.2, -0.15) is 5.26 Å². The van der Waals surface area contributed by atoms with E-state index in [4.69, 9.17) is 23.8 Å². The Morgan fingerprint density at radius 2 is 1.50 bits per heavy atom. The molecule has 3 rings (SSSR count). The lowest BCUT2D eigenvalue weighted by Gasteiger charge is -2.41. The molecule has 1 heterocycles. The molecule has 1 atom stereocenters. The van der Waals surface area contributed by atoms with Crippen molar-refractivity contribution in [1.29, 1.82) is 5.26 Å². The van der Waals surface area contributed by atoms with Gasteiger partial charge in [0.15, 0.2) is 11.5 Å². The number of ether oxygens (including phenoxy) is 4. The molecule has 0 aliphatic carbocycles. The summed E-state index contributed by atoms with van der Waals surface area (Å²) in [5.41, 5.74) is 3.05. The highest BCUT2D eigenvalue weighted by atomic mass is 17.0. The summed E-state index contributed by atoms with van der Waals surface area (Å²) in [5.74, 6) is 2.12. The number of amides is 1. The van der Waals surface area contributed by atoms with Crippen LogP contribution >= 0.6 is 0 Å². The number of carbonyl (C=O) groups excluding carboxylic acids is 1. The number of para-hydroxylation sites is 1. The summed E-state index contributed by atoms with van der Waals surface area (Å²) in [5, 5.41) is 23.1. The molecule has 2 aromatic carbocycles. The summed E-state index contributed by atoms with van der Waals surface area (Å²) in [7, 11) is 6.88. The van der Waals surface area contributed by atoms with Crippen molar-refractivity contribution in [2.45, 2.75) is 128 Å². The van der Waals surface area contributed by atoms with Crippen molar-refractivity contribution in [3.05, 3.63) is 57.6 Å². The Morgan fingerprint density at radius 3 is 2.05 bits per heavy atom. The summed E-state index contributed by atoms with van der Waals surface area (Å²) in [4.78, 5) is 29.9. The van der Waals surface area contributed by atoms with Gasteiger partial charge in [-0.25, -0.2) is 5.01 Å². The lowest BCUT2D eigenvalue weighted by atomic mass is 9.73. The van der Waals surface area contributed by atoms with Crippen LogP contribution in [0.15, 0.2) is 36.4 Å². The van der Waals surface area contributed by atoms with E-state index in [1.54, 1.807) is 26.3 Å². The van der Waals surface area contributed by atoms with Crippen molar-refractivity contribution >= 4 is 5.91 Å². The van der Waals surface area contributed by atoms with Gasteiger partial charge < -0.3 is 28.7 Å². The molecule has 1 aliphatic rings. The molecule has 1 saturated heterocycles. The number of hydrogen-bond donors (Lipinski definition) is 1. The first kappa shape index (κ1) is 46.1. The Labute approximate surface area is 335 Å². The van der Waals surface area contributed by atoms with Crippen LogP contribution in [-0.4, -0.2) is 87.7 Å². The third kappa shape index (κ3) is 14.7. The Balaban J connectivity index is 1.67. The quantitative estimate of drug-likeness (QED) is 0.0506. The van der Waals surface area contributed by atoms with Crippen molar-refractivity contribution in [2.75, 3.05) is 61.2 Å². The number of nitriles is 1. The molecule has 1 N–H and O–H groups in total. The van der Waals surface area contributed by atoms with Crippen LogP contribution < -0.4 is 24.4 Å². The van der Waals surface area contributed by atoms with E-state index >= 15 is 0 Å². The van der Waals surface area contributed by atoms with E-state index in [9.17, 15) is 20.2 Å². The number of hydrazine groups is 1. The number of carbonyl (C=O) groups is 1. The summed E-state index contributed by atoms with van der Waals surface area (Å²) < 4.78 is 23.6. The van der Waals surface area contributed by atoms with Gasteiger partial charge in [-0.05, 0) is 68.6 Å². The number of nitrogens with one attached hydrogen (secondary N) is 1. The number of unbranched alkanes of at least 4 members (excludes halogenated alkanes) is 9. The molecule has 0 bridgehead atoms. The highest BCUT2D eigenvalue weighted by molar-refractivity contribution is 5.72. The van der Waals surface area contributed by atoms with Gasteiger partial charge in [0.05, 0.1) is 32.8 Å². The number of piperidine rings is 1. The molecule has 0 saturated carbocycles. The maximum absolute atomic E-state index is 11.6. The topological polar surface area (TPSA) is 149 Å². The Hall–Kier alpha value is -4.28. The van der Waals surface area contributed by atoms with Crippen molar-refractivity contribution in [3.63, 3.8) is 0 Å². The van der Waals surface area contributed by atoms with Gasteiger partial charge in [-0.3, -0.25) is 10.2 Å². The molecule has 1 unspecified atom stereocenters. The number of likely N-dealkylation sites (N-methyl/N-ethyl adjacent to an activating group) is 1. The molecule has 0 spiro atoms. The molecular weight excluding hydrogens is 715 g/mol. The van der Waals surface area contributed by atoms with Gasteiger partial charge in [-0.1, -0.05) is 89.3 Å². The predicted octanol–water partition coefficient (Wildman–Crippen LogP) is 8.21. The normalized spacial score (nSPS) is 15.0.